The maximum absolute atomic E-state index is 9.84. The van der Waals surface area contributed by atoms with E-state index in [1.165, 1.54) is 17.9 Å². The topological polar surface area (TPSA) is 26.3 Å². The Kier molecular flexibility index (Phi) is 4.80. The number of esters is 1. The standard InChI is InChI=1S/C10H8.C4H6O2/c1-2-6-10-8-4-3-7-9(10)5-1;1-3-4(5)6-2/h1-8H;3H,1H2,2H3. The average molecular weight is 214 g/mol. The molecule has 0 saturated carbocycles. The van der Waals surface area contributed by atoms with Gasteiger partial charge in [-0.1, -0.05) is 55.1 Å². The molecular weight excluding hydrogens is 200 g/mol. The molecule has 0 N–H and O–H groups in total. The van der Waals surface area contributed by atoms with Gasteiger partial charge in [0.25, 0.3) is 0 Å². The van der Waals surface area contributed by atoms with Crippen LogP contribution < -0.4 is 0 Å². The van der Waals surface area contributed by atoms with Crippen LogP contribution in [0.5, 0.6) is 0 Å². The number of rotatable bonds is 1. The van der Waals surface area contributed by atoms with Gasteiger partial charge in [-0.2, -0.15) is 0 Å². The van der Waals surface area contributed by atoms with Crippen molar-refractivity contribution in [3.05, 3.63) is 61.2 Å². The molecule has 2 rings (SSSR count). The maximum Gasteiger partial charge on any atom is 0.329 e. The molecule has 0 atom stereocenters. The van der Waals surface area contributed by atoms with Crippen molar-refractivity contribution in [1.29, 1.82) is 0 Å². The van der Waals surface area contributed by atoms with Gasteiger partial charge in [0.15, 0.2) is 0 Å². The molecule has 0 heterocycles. The van der Waals surface area contributed by atoms with E-state index in [0.717, 1.165) is 6.08 Å². The zero-order chi connectivity index (χ0) is 11.8. The molecule has 0 radical (unpaired) electrons. The van der Waals surface area contributed by atoms with E-state index >= 15 is 0 Å². The molecule has 2 nitrogen and oxygen atoms in total. The van der Waals surface area contributed by atoms with E-state index in [2.05, 4.69) is 59.8 Å². The van der Waals surface area contributed by atoms with Gasteiger partial charge in [-0.15, -0.1) is 0 Å². The molecule has 2 aromatic rings. The number of carbonyl (C=O) groups excluding carboxylic acids is 1. The van der Waals surface area contributed by atoms with Gasteiger partial charge in [-0.25, -0.2) is 4.79 Å². The lowest BCUT2D eigenvalue weighted by Gasteiger charge is -1.92. The molecule has 0 saturated heterocycles. The molecule has 0 aliphatic carbocycles. The highest BCUT2D eigenvalue weighted by Crippen LogP contribution is 2.11. The van der Waals surface area contributed by atoms with E-state index in [1.54, 1.807) is 0 Å². The summed E-state index contributed by atoms with van der Waals surface area (Å²) in [6, 6.07) is 16.7. The normalized spacial score (nSPS) is 8.81. The first-order chi connectivity index (χ1) is 7.77. The fraction of sp³-hybridized carbons (Fsp3) is 0.0714. The lowest BCUT2D eigenvalue weighted by atomic mass is 10.1. The van der Waals surface area contributed by atoms with E-state index < -0.39 is 5.97 Å². The molecule has 0 aromatic heterocycles. The van der Waals surface area contributed by atoms with Crippen LogP contribution in [0, 0.1) is 0 Å². The zero-order valence-electron chi connectivity index (χ0n) is 9.22. The molecular formula is C14H14O2. The summed E-state index contributed by atoms with van der Waals surface area (Å²) in [5.74, 6) is -0.394. The molecule has 82 valence electrons. The maximum atomic E-state index is 9.84. The molecule has 16 heavy (non-hydrogen) atoms. The largest absolute Gasteiger partial charge is 0.466 e. The third kappa shape index (κ3) is 3.58. The third-order valence-corrected chi connectivity index (χ3v) is 2.03. The second-order valence-corrected chi connectivity index (χ2v) is 3.07. The van der Waals surface area contributed by atoms with Gasteiger partial charge in [-0.05, 0) is 10.8 Å². The van der Waals surface area contributed by atoms with Gasteiger partial charge < -0.3 is 4.74 Å². The molecule has 0 aliphatic heterocycles. The van der Waals surface area contributed by atoms with Crippen molar-refractivity contribution in [1.82, 2.24) is 0 Å². The second kappa shape index (κ2) is 6.40. The summed E-state index contributed by atoms with van der Waals surface area (Å²) in [6.45, 7) is 3.16. The molecule has 0 unspecified atom stereocenters. The lowest BCUT2D eigenvalue weighted by molar-refractivity contribution is -0.134. The Balaban J connectivity index is 0.000000187. The van der Waals surface area contributed by atoms with Crippen LogP contribution >= 0.6 is 0 Å². The van der Waals surface area contributed by atoms with Gasteiger partial charge in [0.2, 0.25) is 0 Å². The van der Waals surface area contributed by atoms with Crippen molar-refractivity contribution in [2.24, 2.45) is 0 Å². The Hall–Kier alpha value is -2.09. The van der Waals surface area contributed by atoms with Crippen LogP contribution in [0.25, 0.3) is 10.8 Å². The SMILES string of the molecule is C=CC(=O)OC.c1ccc2ccccc2c1. The monoisotopic (exact) mass is 214 g/mol. The van der Waals surface area contributed by atoms with Crippen molar-refractivity contribution >= 4 is 16.7 Å². The highest BCUT2D eigenvalue weighted by atomic mass is 16.5. The van der Waals surface area contributed by atoms with Crippen molar-refractivity contribution in [2.45, 2.75) is 0 Å². The first kappa shape index (κ1) is 12.0. The Labute approximate surface area is 95.2 Å². The summed E-state index contributed by atoms with van der Waals surface area (Å²) >= 11 is 0. The van der Waals surface area contributed by atoms with Crippen LogP contribution in [0.3, 0.4) is 0 Å². The summed E-state index contributed by atoms with van der Waals surface area (Å²) in [5.41, 5.74) is 0. The Bertz CT molecular complexity index is 409. The van der Waals surface area contributed by atoms with Crippen LogP contribution in [-0.2, 0) is 9.53 Å². The van der Waals surface area contributed by atoms with E-state index in [9.17, 15) is 4.79 Å². The van der Waals surface area contributed by atoms with Crippen molar-refractivity contribution in [3.8, 4) is 0 Å². The van der Waals surface area contributed by atoms with Gasteiger partial charge >= 0.3 is 5.97 Å². The van der Waals surface area contributed by atoms with E-state index in [4.69, 9.17) is 0 Å². The smallest absolute Gasteiger partial charge is 0.329 e. The Morgan fingerprint density at radius 3 is 1.62 bits per heavy atom. The van der Waals surface area contributed by atoms with Gasteiger partial charge in [0.1, 0.15) is 0 Å². The van der Waals surface area contributed by atoms with Crippen LogP contribution in [0.4, 0.5) is 0 Å². The minimum atomic E-state index is -0.394. The summed E-state index contributed by atoms with van der Waals surface area (Å²) in [6.07, 6.45) is 1.11. The molecule has 0 aliphatic rings. The highest BCUT2D eigenvalue weighted by molar-refractivity contribution is 5.82. The van der Waals surface area contributed by atoms with Crippen LogP contribution in [0.2, 0.25) is 0 Å². The zero-order valence-corrected chi connectivity index (χ0v) is 9.22. The summed E-state index contributed by atoms with van der Waals surface area (Å²) in [4.78, 5) is 9.84. The van der Waals surface area contributed by atoms with Crippen molar-refractivity contribution in [2.75, 3.05) is 7.11 Å². The predicted octanol–water partition coefficient (Wildman–Crippen LogP) is 3.19. The second-order valence-electron chi connectivity index (χ2n) is 3.07. The molecule has 0 amide bonds. The first-order valence-corrected chi connectivity index (χ1v) is 4.92. The summed E-state index contributed by atoms with van der Waals surface area (Å²) in [5, 5.41) is 2.62. The van der Waals surface area contributed by atoms with E-state index in [1.807, 2.05) is 0 Å². The first-order valence-electron chi connectivity index (χ1n) is 4.92. The molecule has 2 heteroatoms. The molecule has 2 aromatic carbocycles. The number of hydrogen-bond acceptors (Lipinski definition) is 2. The average Bonchev–Trinajstić information content (AvgIpc) is 2.38. The Morgan fingerprint density at radius 2 is 1.44 bits per heavy atom. The predicted molar refractivity (Wildman–Crippen MR) is 66.2 cm³/mol. The van der Waals surface area contributed by atoms with Crippen LogP contribution in [0.15, 0.2) is 61.2 Å². The number of methoxy groups -OCH3 is 1. The number of carbonyl (C=O) groups is 1. The number of benzene rings is 2. The molecule has 0 bridgehead atoms. The van der Waals surface area contributed by atoms with E-state index in [0.29, 0.717) is 0 Å². The number of fused-ring (bicyclic) bond motifs is 1. The summed E-state index contributed by atoms with van der Waals surface area (Å²) < 4.78 is 4.14. The van der Waals surface area contributed by atoms with Crippen LogP contribution in [0.1, 0.15) is 0 Å². The lowest BCUT2D eigenvalue weighted by Crippen LogP contribution is -1.91. The molecule has 0 fully saturated rings. The Morgan fingerprint density at radius 1 is 1.06 bits per heavy atom. The minimum absolute atomic E-state index is 0.394. The van der Waals surface area contributed by atoms with E-state index in [-0.39, 0.29) is 0 Å². The molecule has 0 spiro atoms. The third-order valence-electron chi connectivity index (χ3n) is 2.03. The summed E-state index contributed by atoms with van der Waals surface area (Å²) in [7, 11) is 1.31. The minimum Gasteiger partial charge on any atom is -0.466 e. The number of hydrogen-bond donors (Lipinski definition) is 0. The quantitative estimate of drug-likeness (QED) is 0.538. The van der Waals surface area contributed by atoms with Gasteiger partial charge in [0, 0.05) is 6.08 Å². The van der Waals surface area contributed by atoms with Crippen LogP contribution in [-0.4, -0.2) is 13.1 Å². The van der Waals surface area contributed by atoms with Gasteiger partial charge in [-0.3, -0.25) is 0 Å². The fourth-order valence-corrected chi connectivity index (χ4v) is 1.22. The highest BCUT2D eigenvalue weighted by Gasteiger charge is 1.85. The number of ether oxygens (including phenoxy) is 1. The van der Waals surface area contributed by atoms with Crippen molar-refractivity contribution in [3.63, 3.8) is 0 Å². The van der Waals surface area contributed by atoms with Crippen molar-refractivity contribution < 1.29 is 9.53 Å². The van der Waals surface area contributed by atoms with Gasteiger partial charge in [0.05, 0.1) is 7.11 Å². The fourth-order valence-electron chi connectivity index (χ4n) is 1.22.